The van der Waals surface area contributed by atoms with E-state index in [0.29, 0.717) is 16.7 Å². The summed E-state index contributed by atoms with van der Waals surface area (Å²) in [6.07, 6.45) is -0.129. The lowest BCUT2D eigenvalue weighted by molar-refractivity contribution is 0.0731. The van der Waals surface area contributed by atoms with Crippen LogP contribution in [0, 0.1) is 0 Å². The monoisotopic (exact) mass is 354 g/mol. The highest BCUT2D eigenvalue weighted by atomic mass is 16.6. The Labute approximate surface area is 149 Å². The van der Waals surface area contributed by atoms with Crippen LogP contribution >= 0.6 is 0 Å². The van der Waals surface area contributed by atoms with Crippen molar-refractivity contribution in [2.45, 2.75) is 20.0 Å². The highest BCUT2D eigenvalue weighted by Gasteiger charge is 2.23. The van der Waals surface area contributed by atoms with Crippen LogP contribution < -0.4 is 19.8 Å². The maximum Gasteiger partial charge on any atom is 0.383 e. The molecule has 0 aliphatic heterocycles. The smallest absolute Gasteiger partial charge is 0.383 e. The quantitative estimate of drug-likeness (QED) is 0.512. The summed E-state index contributed by atoms with van der Waals surface area (Å²) in [6.45, 7) is 3.73. The molecule has 6 heteroatoms. The van der Waals surface area contributed by atoms with Crippen LogP contribution in [0.5, 0.6) is 17.2 Å². The van der Waals surface area contributed by atoms with Crippen LogP contribution in [-0.2, 0) is 0 Å². The van der Waals surface area contributed by atoms with E-state index in [1.54, 1.807) is 48.5 Å². The van der Waals surface area contributed by atoms with E-state index in [1.165, 1.54) is 7.11 Å². The third kappa shape index (κ3) is 3.39. The topological polar surface area (TPSA) is 75.0 Å². The fourth-order valence-corrected chi connectivity index (χ4v) is 2.52. The van der Waals surface area contributed by atoms with Crippen molar-refractivity contribution in [3.05, 3.63) is 64.5 Å². The lowest BCUT2D eigenvalue weighted by atomic mass is 10.2. The summed E-state index contributed by atoms with van der Waals surface area (Å²) < 4.78 is 21.7. The van der Waals surface area contributed by atoms with Gasteiger partial charge in [0.2, 0.25) is 5.75 Å². The summed E-state index contributed by atoms with van der Waals surface area (Å²) >= 11 is 0. The summed E-state index contributed by atoms with van der Waals surface area (Å²) in [7, 11) is 1.31. The molecular weight excluding hydrogens is 336 g/mol. The second kappa shape index (κ2) is 7.31. The van der Waals surface area contributed by atoms with Crippen LogP contribution in [0.2, 0.25) is 0 Å². The molecule has 26 heavy (non-hydrogen) atoms. The second-order valence-corrected chi connectivity index (χ2v) is 5.80. The van der Waals surface area contributed by atoms with Gasteiger partial charge in [0.15, 0.2) is 5.75 Å². The van der Waals surface area contributed by atoms with Gasteiger partial charge in [0.25, 0.3) is 0 Å². The second-order valence-electron chi connectivity index (χ2n) is 5.80. The zero-order valence-corrected chi connectivity index (χ0v) is 14.6. The summed E-state index contributed by atoms with van der Waals surface area (Å²) in [5.41, 5.74) is -0.152. The van der Waals surface area contributed by atoms with Gasteiger partial charge in [0, 0.05) is 0 Å². The minimum Gasteiger partial charge on any atom is -0.490 e. The van der Waals surface area contributed by atoms with E-state index in [0.717, 1.165) is 0 Å². The molecule has 0 spiro atoms. The molecule has 0 amide bonds. The van der Waals surface area contributed by atoms with E-state index in [4.69, 9.17) is 18.6 Å². The first-order valence-electron chi connectivity index (χ1n) is 8.09. The Morgan fingerprint density at radius 1 is 1.00 bits per heavy atom. The fourth-order valence-electron chi connectivity index (χ4n) is 2.52. The van der Waals surface area contributed by atoms with Crippen molar-refractivity contribution in [1.82, 2.24) is 0 Å². The summed E-state index contributed by atoms with van der Waals surface area (Å²) in [5, 5.41) is 0.363. The molecule has 1 heterocycles. The van der Waals surface area contributed by atoms with Gasteiger partial charge in [0.1, 0.15) is 16.7 Å². The van der Waals surface area contributed by atoms with E-state index in [1.807, 2.05) is 13.8 Å². The van der Waals surface area contributed by atoms with Gasteiger partial charge in [-0.05, 0) is 38.1 Å². The summed E-state index contributed by atoms with van der Waals surface area (Å²) in [6, 6.07) is 13.5. The summed E-state index contributed by atoms with van der Waals surface area (Å²) in [4.78, 5) is 24.7. The van der Waals surface area contributed by atoms with Gasteiger partial charge in [0.05, 0.1) is 18.8 Å². The molecule has 0 aliphatic carbocycles. The number of ether oxygens (including phenoxy) is 3. The Hall–Kier alpha value is -3.28. The Morgan fingerprint density at radius 3 is 2.38 bits per heavy atom. The van der Waals surface area contributed by atoms with E-state index >= 15 is 0 Å². The molecule has 2 aromatic carbocycles. The molecule has 3 rings (SSSR count). The molecule has 0 aliphatic rings. The van der Waals surface area contributed by atoms with Gasteiger partial charge >= 0.3 is 11.6 Å². The van der Waals surface area contributed by atoms with E-state index in [9.17, 15) is 9.59 Å². The minimum absolute atomic E-state index is 0.0242. The van der Waals surface area contributed by atoms with Crippen LogP contribution in [0.1, 0.15) is 24.2 Å². The number of carbonyl (C=O) groups excluding carboxylic acids is 1. The molecule has 0 bridgehead atoms. The molecule has 0 N–H and O–H groups in total. The highest BCUT2D eigenvalue weighted by molar-refractivity contribution is 5.97. The Morgan fingerprint density at radius 2 is 1.73 bits per heavy atom. The van der Waals surface area contributed by atoms with E-state index in [-0.39, 0.29) is 23.2 Å². The van der Waals surface area contributed by atoms with E-state index in [2.05, 4.69) is 0 Å². The molecule has 6 nitrogen and oxygen atoms in total. The number of hydrogen-bond acceptors (Lipinski definition) is 6. The average Bonchev–Trinajstić information content (AvgIpc) is 2.62. The first-order chi connectivity index (χ1) is 12.5. The maximum atomic E-state index is 12.5. The number of hydrogen-bond donors (Lipinski definition) is 0. The zero-order valence-electron chi connectivity index (χ0n) is 14.6. The standard InChI is InChI=1S/C20H18O6/c1-12(2)24-14-10-7-11-15-16(14)17(18(23-3)20(22)25-15)26-19(21)13-8-5-4-6-9-13/h4-12H,1-3H3. The number of benzene rings is 2. The number of methoxy groups -OCH3 is 1. The Kier molecular flexibility index (Phi) is 4.93. The molecule has 0 radical (unpaired) electrons. The van der Waals surface area contributed by atoms with Crippen molar-refractivity contribution in [2.75, 3.05) is 7.11 Å². The van der Waals surface area contributed by atoms with Crippen molar-refractivity contribution in [2.24, 2.45) is 0 Å². The van der Waals surface area contributed by atoms with Gasteiger partial charge < -0.3 is 18.6 Å². The van der Waals surface area contributed by atoms with Gasteiger partial charge in [-0.25, -0.2) is 9.59 Å². The number of fused-ring (bicyclic) bond motifs is 1. The third-order valence-electron chi connectivity index (χ3n) is 3.58. The zero-order chi connectivity index (χ0) is 18.7. The summed E-state index contributed by atoms with van der Waals surface area (Å²) in [5.74, 6) is -0.406. The number of esters is 1. The number of rotatable bonds is 5. The molecule has 0 unspecified atom stereocenters. The predicted octanol–water partition coefficient (Wildman–Crippen LogP) is 3.81. The van der Waals surface area contributed by atoms with Gasteiger partial charge in [-0.1, -0.05) is 24.3 Å². The molecular formula is C20H18O6. The SMILES string of the molecule is COc1c(OC(=O)c2ccccc2)c2c(OC(C)C)cccc2oc1=O. The van der Waals surface area contributed by atoms with Crippen LogP contribution in [0.3, 0.4) is 0 Å². The van der Waals surface area contributed by atoms with Crippen LogP contribution in [0.4, 0.5) is 0 Å². The number of carbonyl (C=O) groups is 1. The van der Waals surface area contributed by atoms with Gasteiger partial charge in [-0.3, -0.25) is 0 Å². The Bertz CT molecular complexity index is 988. The molecule has 3 aromatic rings. The van der Waals surface area contributed by atoms with Crippen LogP contribution in [0.25, 0.3) is 11.0 Å². The van der Waals surface area contributed by atoms with Crippen molar-refractivity contribution in [3.63, 3.8) is 0 Å². The average molecular weight is 354 g/mol. The fraction of sp³-hybridized carbons (Fsp3) is 0.200. The molecule has 134 valence electrons. The third-order valence-corrected chi connectivity index (χ3v) is 3.58. The first-order valence-corrected chi connectivity index (χ1v) is 8.09. The molecule has 0 saturated heterocycles. The van der Waals surface area contributed by atoms with Gasteiger partial charge in [-0.2, -0.15) is 0 Å². The van der Waals surface area contributed by atoms with Crippen LogP contribution in [0.15, 0.2) is 57.7 Å². The largest absolute Gasteiger partial charge is 0.490 e. The lowest BCUT2D eigenvalue weighted by Crippen LogP contribution is -2.14. The molecule has 1 aromatic heterocycles. The van der Waals surface area contributed by atoms with Crippen molar-refractivity contribution in [3.8, 4) is 17.2 Å². The first kappa shape index (κ1) is 17.5. The Balaban J connectivity index is 2.20. The molecule has 0 saturated carbocycles. The van der Waals surface area contributed by atoms with Gasteiger partial charge in [-0.15, -0.1) is 0 Å². The van der Waals surface area contributed by atoms with Crippen molar-refractivity contribution >= 4 is 16.9 Å². The van der Waals surface area contributed by atoms with Crippen molar-refractivity contribution in [1.29, 1.82) is 0 Å². The predicted molar refractivity (Wildman–Crippen MR) is 96.2 cm³/mol. The minimum atomic E-state index is -0.738. The lowest BCUT2D eigenvalue weighted by Gasteiger charge is -2.15. The normalized spacial score (nSPS) is 10.8. The molecule has 0 atom stereocenters. The van der Waals surface area contributed by atoms with Crippen molar-refractivity contribution < 1.29 is 23.4 Å². The highest BCUT2D eigenvalue weighted by Crippen LogP contribution is 2.39. The molecule has 0 fully saturated rings. The van der Waals surface area contributed by atoms with Crippen LogP contribution in [-0.4, -0.2) is 19.2 Å². The van der Waals surface area contributed by atoms with E-state index < -0.39 is 11.6 Å². The maximum absolute atomic E-state index is 12.5.